The maximum absolute atomic E-state index is 13.1. The fourth-order valence-electron chi connectivity index (χ4n) is 3.28. The van der Waals surface area contributed by atoms with Crippen LogP contribution in [-0.2, 0) is 4.79 Å². The molecular formula is C19H29NO3. The Morgan fingerprint density at radius 1 is 1.13 bits per heavy atom. The van der Waals surface area contributed by atoms with Crippen molar-refractivity contribution in [1.82, 2.24) is 4.90 Å². The van der Waals surface area contributed by atoms with Crippen LogP contribution >= 0.6 is 0 Å². The molecule has 1 aromatic rings. The summed E-state index contributed by atoms with van der Waals surface area (Å²) in [5, 5.41) is 0. The number of piperidine rings is 1. The van der Waals surface area contributed by atoms with E-state index < -0.39 is 0 Å². The lowest BCUT2D eigenvalue weighted by Crippen LogP contribution is -2.41. The molecule has 0 radical (unpaired) electrons. The number of benzene rings is 1. The average Bonchev–Trinajstić information content (AvgIpc) is 2.55. The molecule has 0 spiro atoms. The maximum Gasteiger partial charge on any atom is 0.230 e. The molecule has 128 valence electrons. The molecular weight excluding hydrogens is 290 g/mol. The standard InChI is InChI=1S/C19H29NO3/c1-13(2)18(19(21)20-10-8-14(3)9-11-20)15-6-7-16(22-4)17(12-15)23-5/h6-7,12-14,18H,8-11H2,1-5H3. The van der Waals surface area contributed by atoms with Gasteiger partial charge in [0, 0.05) is 13.1 Å². The summed E-state index contributed by atoms with van der Waals surface area (Å²) in [6.45, 7) is 8.21. The molecule has 0 bridgehead atoms. The van der Waals surface area contributed by atoms with Crippen LogP contribution in [0.25, 0.3) is 0 Å². The molecule has 1 heterocycles. The SMILES string of the molecule is COc1ccc(C(C(=O)N2CCC(C)CC2)C(C)C)cc1OC. The van der Waals surface area contributed by atoms with Crippen molar-refractivity contribution in [2.75, 3.05) is 27.3 Å². The number of likely N-dealkylation sites (tertiary alicyclic amines) is 1. The highest BCUT2D eigenvalue weighted by Crippen LogP contribution is 2.35. The highest BCUT2D eigenvalue weighted by Gasteiger charge is 2.31. The third kappa shape index (κ3) is 3.98. The Balaban J connectivity index is 2.26. The molecule has 1 fully saturated rings. The third-order valence-corrected chi connectivity index (χ3v) is 4.79. The summed E-state index contributed by atoms with van der Waals surface area (Å²) in [6.07, 6.45) is 2.20. The van der Waals surface area contributed by atoms with E-state index in [2.05, 4.69) is 20.8 Å². The Bertz CT molecular complexity index is 533. The molecule has 0 saturated carbocycles. The van der Waals surface area contributed by atoms with Crippen molar-refractivity contribution in [3.05, 3.63) is 23.8 Å². The van der Waals surface area contributed by atoms with Gasteiger partial charge in [0.15, 0.2) is 11.5 Å². The van der Waals surface area contributed by atoms with Gasteiger partial charge in [-0.3, -0.25) is 4.79 Å². The summed E-state index contributed by atoms with van der Waals surface area (Å²) < 4.78 is 10.7. The third-order valence-electron chi connectivity index (χ3n) is 4.79. The molecule has 1 amide bonds. The van der Waals surface area contributed by atoms with Gasteiger partial charge in [0.25, 0.3) is 0 Å². The lowest BCUT2D eigenvalue weighted by atomic mass is 9.86. The van der Waals surface area contributed by atoms with Crippen LogP contribution in [0.1, 0.15) is 45.1 Å². The summed E-state index contributed by atoms with van der Waals surface area (Å²) in [5.74, 6) is 2.42. The lowest BCUT2D eigenvalue weighted by molar-refractivity contribution is -0.135. The Morgan fingerprint density at radius 2 is 1.74 bits per heavy atom. The van der Waals surface area contributed by atoms with Gasteiger partial charge in [0.05, 0.1) is 20.1 Å². The zero-order valence-corrected chi connectivity index (χ0v) is 15.0. The Hall–Kier alpha value is -1.71. The van der Waals surface area contributed by atoms with Gasteiger partial charge in [-0.05, 0) is 42.4 Å². The maximum atomic E-state index is 13.1. The van der Waals surface area contributed by atoms with E-state index in [0.717, 1.165) is 37.4 Å². The summed E-state index contributed by atoms with van der Waals surface area (Å²) >= 11 is 0. The van der Waals surface area contributed by atoms with E-state index in [0.29, 0.717) is 11.5 Å². The van der Waals surface area contributed by atoms with Gasteiger partial charge in [-0.15, -0.1) is 0 Å². The topological polar surface area (TPSA) is 38.8 Å². The molecule has 1 aromatic carbocycles. The number of methoxy groups -OCH3 is 2. The molecule has 4 nitrogen and oxygen atoms in total. The Kier molecular flexibility index (Phi) is 5.91. The van der Waals surface area contributed by atoms with Crippen molar-refractivity contribution in [1.29, 1.82) is 0 Å². The Morgan fingerprint density at radius 3 is 2.26 bits per heavy atom. The van der Waals surface area contributed by atoms with Crippen molar-refractivity contribution in [2.45, 2.75) is 39.5 Å². The highest BCUT2D eigenvalue weighted by atomic mass is 16.5. The first-order valence-corrected chi connectivity index (χ1v) is 8.48. The summed E-state index contributed by atoms with van der Waals surface area (Å²) in [6, 6.07) is 5.81. The minimum Gasteiger partial charge on any atom is -0.493 e. The second-order valence-electron chi connectivity index (χ2n) is 6.84. The second-order valence-corrected chi connectivity index (χ2v) is 6.84. The smallest absolute Gasteiger partial charge is 0.230 e. The van der Waals surface area contributed by atoms with Gasteiger partial charge in [0.1, 0.15) is 0 Å². The molecule has 0 N–H and O–H groups in total. The van der Waals surface area contributed by atoms with Crippen LogP contribution in [-0.4, -0.2) is 38.1 Å². The van der Waals surface area contributed by atoms with E-state index in [1.807, 2.05) is 23.1 Å². The predicted molar refractivity (Wildman–Crippen MR) is 92.1 cm³/mol. The summed E-state index contributed by atoms with van der Waals surface area (Å²) in [7, 11) is 3.25. The predicted octanol–water partition coefficient (Wildman–Crippen LogP) is 3.70. The largest absolute Gasteiger partial charge is 0.493 e. The normalized spacial score (nSPS) is 17.2. The van der Waals surface area contributed by atoms with Crippen molar-refractivity contribution in [3.8, 4) is 11.5 Å². The molecule has 2 rings (SSSR count). The first kappa shape index (κ1) is 17.6. The number of amides is 1. The van der Waals surface area contributed by atoms with Gasteiger partial charge in [-0.2, -0.15) is 0 Å². The fraction of sp³-hybridized carbons (Fsp3) is 0.632. The number of rotatable bonds is 5. The van der Waals surface area contributed by atoms with Gasteiger partial charge in [-0.1, -0.05) is 26.8 Å². The number of hydrogen-bond donors (Lipinski definition) is 0. The zero-order chi connectivity index (χ0) is 17.0. The van der Waals surface area contributed by atoms with E-state index in [1.54, 1.807) is 14.2 Å². The molecule has 23 heavy (non-hydrogen) atoms. The first-order chi connectivity index (χ1) is 11.0. The Labute approximate surface area is 139 Å². The molecule has 1 atom stereocenters. The molecule has 1 saturated heterocycles. The molecule has 4 heteroatoms. The van der Waals surface area contributed by atoms with Gasteiger partial charge >= 0.3 is 0 Å². The van der Waals surface area contributed by atoms with Crippen molar-refractivity contribution in [3.63, 3.8) is 0 Å². The van der Waals surface area contributed by atoms with Crippen molar-refractivity contribution in [2.24, 2.45) is 11.8 Å². The number of ether oxygens (including phenoxy) is 2. The van der Waals surface area contributed by atoms with Crippen LogP contribution in [0.4, 0.5) is 0 Å². The minimum absolute atomic E-state index is 0.136. The summed E-state index contributed by atoms with van der Waals surface area (Å²) in [4.78, 5) is 15.1. The zero-order valence-electron chi connectivity index (χ0n) is 15.0. The molecule has 1 unspecified atom stereocenters. The molecule has 1 aliphatic rings. The number of carbonyl (C=O) groups is 1. The van der Waals surface area contributed by atoms with Gasteiger partial charge in [0.2, 0.25) is 5.91 Å². The van der Waals surface area contributed by atoms with E-state index in [1.165, 1.54) is 0 Å². The minimum atomic E-state index is -0.136. The fourth-order valence-corrected chi connectivity index (χ4v) is 3.28. The van der Waals surface area contributed by atoms with Crippen LogP contribution < -0.4 is 9.47 Å². The van der Waals surface area contributed by atoms with Crippen LogP contribution in [0.3, 0.4) is 0 Å². The highest BCUT2D eigenvalue weighted by molar-refractivity contribution is 5.84. The van der Waals surface area contributed by atoms with Crippen LogP contribution in [0.5, 0.6) is 11.5 Å². The van der Waals surface area contributed by atoms with Crippen LogP contribution in [0.2, 0.25) is 0 Å². The van der Waals surface area contributed by atoms with E-state index in [9.17, 15) is 4.79 Å². The summed E-state index contributed by atoms with van der Waals surface area (Å²) in [5.41, 5.74) is 1.00. The second kappa shape index (κ2) is 7.71. The lowest BCUT2D eigenvalue weighted by Gasteiger charge is -2.34. The van der Waals surface area contributed by atoms with Gasteiger partial charge < -0.3 is 14.4 Å². The quantitative estimate of drug-likeness (QED) is 0.830. The van der Waals surface area contributed by atoms with Gasteiger partial charge in [-0.25, -0.2) is 0 Å². The van der Waals surface area contributed by atoms with Crippen LogP contribution in [0.15, 0.2) is 18.2 Å². The number of hydrogen-bond acceptors (Lipinski definition) is 3. The number of carbonyl (C=O) groups excluding carboxylic acids is 1. The van der Waals surface area contributed by atoms with E-state index >= 15 is 0 Å². The molecule has 0 aromatic heterocycles. The number of nitrogens with zero attached hydrogens (tertiary/aromatic N) is 1. The average molecular weight is 319 g/mol. The molecule has 1 aliphatic heterocycles. The van der Waals surface area contributed by atoms with Crippen molar-refractivity contribution >= 4 is 5.91 Å². The van der Waals surface area contributed by atoms with E-state index in [-0.39, 0.29) is 17.7 Å². The van der Waals surface area contributed by atoms with E-state index in [4.69, 9.17) is 9.47 Å². The monoisotopic (exact) mass is 319 g/mol. The molecule has 0 aliphatic carbocycles. The first-order valence-electron chi connectivity index (χ1n) is 8.48. The van der Waals surface area contributed by atoms with Crippen molar-refractivity contribution < 1.29 is 14.3 Å². The van der Waals surface area contributed by atoms with Crippen LogP contribution in [0, 0.1) is 11.8 Å².